The topological polar surface area (TPSA) is 86.6 Å². The van der Waals surface area contributed by atoms with Gasteiger partial charge in [-0.3, -0.25) is 4.79 Å². The lowest BCUT2D eigenvalue weighted by Gasteiger charge is -2.11. The van der Waals surface area contributed by atoms with Gasteiger partial charge in [-0.25, -0.2) is 9.18 Å². The fourth-order valence-corrected chi connectivity index (χ4v) is 1.79. The molecule has 0 fully saturated rings. The maximum atomic E-state index is 13.4. The highest BCUT2D eigenvalue weighted by Gasteiger charge is 2.17. The number of amides is 1. The first-order valence-electron chi connectivity index (χ1n) is 5.71. The second-order valence-electron chi connectivity index (χ2n) is 3.91. The van der Waals surface area contributed by atoms with Crippen LogP contribution < -0.4 is 5.32 Å². The number of rotatable bonds is 6. The van der Waals surface area contributed by atoms with E-state index in [4.69, 9.17) is 10.2 Å². The largest absolute Gasteiger partial charge is 0.480 e. The lowest BCUT2D eigenvalue weighted by Crippen LogP contribution is -2.40. The van der Waals surface area contributed by atoms with Crippen molar-refractivity contribution in [2.75, 3.05) is 6.61 Å². The van der Waals surface area contributed by atoms with Crippen LogP contribution in [0.2, 0.25) is 0 Å². The average molecular weight is 346 g/mol. The molecule has 0 aromatic heterocycles. The molecule has 0 aliphatic rings. The molecule has 0 aliphatic heterocycles. The SMILES string of the molecule is O=C(C=Cc1cc(Br)ccc1F)NC(CCO)C(=O)O. The number of nitrogens with one attached hydrogen (secondary N) is 1. The van der Waals surface area contributed by atoms with Crippen molar-refractivity contribution in [3.05, 3.63) is 40.1 Å². The number of aliphatic carboxylic acids is 1. The molecule has 0 aliphatic carbocycles. The van der Waals surface area contributed by atoms with E-state index in [9.17, 15) is 14.0 Å². The van der Waals surface area contributed by atoms with Crippen molar-refractivity contribution < 1.29 is 24.2 Å². The number of halogens is 2. The lowest BCUT2D eigenvalue weighted by atomic mass is 10.2. The summed E-state index contributed by atoms with van der Waals surface area (Å²) < 4.78 is 14.1. The molecule has 1 aromatic rings. The molecular formula is C13H13BrFNO4. The molecule has 108 valence electrons. The van der Waals surface area contributed by atoms with E-state index >= 15 is 0 Å². The summed E-state index contributed by atoms with van der Waals surface area (Å²) >= 11 is 3.18. The van der Waals surface area contributed by atoms with Crippen molar-refractivity contribution in [1.82, 2.24) is 5.32 Å². The minimum Gasteiger partial charge on any atom is -0.480 e. The quantitative estimate of drug-likeness (QED) is 0.683. The first-order chi connectivity index (χ1) is 9.43. The highest BCUT2D eigenvalue weighted by molar-refractivity contribution is 9.10. The van der Waals surface area contributed by atoms with Gasteiger partial charge in [-0.05, 0) is 24.3 Å². The highest BCUT2D eigenvalue weighted by Crippen LogP contribution is 2.16. The fourth-order valence-electron chi connectivity index (χ4n) is 1.41. The maximum absolute atomic E-state index is 13.4. The fraction of sp³-hybridized carbons (Fsp3) is 0.231. The van der Waals surface area contributed by atoms with Crippen molar-refractivity contribution >= 4 is 33.9 Å². The van der Waals surface area contributed by atoms with Crippen LogP contribution >= 0.6 is 15.9 Å². The third-order valence-electron chi connectivity index (χ3n) is 2.40. The molecule has 5 nitrogen and oxygen atoms in total. The summed E-state index contributed by atoms with van der Waals surface area (Å²) in [6, 6.07) is 3.08. The Labute approximate surface area is 123 Å². The van der Waals surface area contributed by atoms with Crippen LogP contribution in [0, 0.1) is 5.82 Å². The van der Waals surface area contributed by atoms with Crippen molar-refractivity contribution in [1.29, 1.82) is 0 Å². The van der Waals surface area contributed by atoms with Crippen molar-refractivity contribution in [2.45, 2.75) is 12.5 Å². The minimum atomic E-state index is -1.24. The van der Waals surface area contributed by atoms with Gasteiger partial charge in [0.25, 0.3) is 0 Å². The molecule has 7 heteroatoms. The van der Waals surface area contributed by atoms with Crippen LogP contribution in [-0.2, 0) is 9.59 Å². The van der Waals surface area contributed by atoms with Crippen LogP contribution in [0.5, 0.6) is 0 Å². The third-order valence-corrected chi connectivity index (χ3v) is 2.90. The van der Waals surface area contributed by atoms with E-state index in [0.29, 0.717) is 4.47 Å². The van der Waals surface area contributed by atoms with Gasteiger partial charge < -0.3 is 15.5 Å². The van der Waals surface area contributed by atoms with E-state index < -0.39 is 23.7 Å². The van der Waals surface area contributed by atoms with Crippen molar-refractivity contribution in [2.24, 2.45) is 0 Å². The van der Waals surface area contributed by atoms with Crippen LogP contribution in [0.3, 0.4) is 0 Å². The first-order valence-corrected chi connectivity index (χ1v) is 6.50. The second kappa shape index (κ2) is 7.76. The monoisotopic (exact) mass is 345 g/mol. The normalized spacial score (nSPS) is 12.3. The highest BCUT2D eigenvalue weighted by atomic mass is 79.9. The van der Waals surface area contributed by atoms with E-state index in [1.54, 1.807) is 0 Å². The molecule has 1 unspecified atom stereocenters. The summed E-state index contributed by atoms with van der Waals surface area (Å²) in [6.07, 6.45) is 2.19. The molecular weight excluding hydrogens is 333 g/mol. The Balaban J connectivity index is 2.72. The van der Waals surface area contributed by atoms with E-state index in [1.165, 1.54) is 24.3 Å². The lowest BCUT2D eigenvalue weighted by molar-refractivity contribution is -0.141. The average Bonchev–Trinajstić information content (AvgIpc) is 2.39. The molecule has 1 atom stereocenters. The number of aliphatic hydroxyl groups excluding tert-OH is 1. The predicted octanol–water partition coefficient (Wildman–Crippen LogP) is 1.55. The van der Waals surface area contributed by atoms with E-state index in [1.807, 2.05) is 0 Å². The van der Waals surface area contributed by atoms with E-state index in [0.717, 1.165) is 6.08 Å². The molecule has 0 spiro atoms. The van der Waals surface area contributed by atoms with Crippen LogP contribution in [-0.4, -0.2) is 34.7 Å². The van der Waals surface area contributed by atoms with Gasteiger partial charge in [0.15, 0.2) is 0 Å². The van der Waals surface area contributed by atoms with Crippen molar-refractivity contribution in [3.63, 3.8) is 0 Å². The molecule has 0 radical (unpaired) electrons. The van der Waals surface area contributed by atoms with Gasteiger partial charge in [0.2, 0.25) is 5.91 Å². The molecule has 1 amide bonds. The Kier molecular flexibility index (Phi) is 6.33. The van der Waals surface area contributed by atoms with Crippen molar-refractivity contribution in [3.8, 4) is 0 Å². The molecule has 0 saturated carbocycles. The standard InChI is InChI=1S/C13H13BrFNO4/c14-9-2-3-10(15)8(7-9)1-4-12(18)16-11(5-6-17)13(19)20/h1-4,7,11,17H,5-6H2,(H,16,18)(H,19,20). The molecule has 20 heavy (non-hydrogen) atoms. The van der Waals surface area contributed by atoms with Gasteiger partial charge in [-0.2, -0.15) is 0 Å². The summed E-state index contributed by atoms with van der Waals surface area (Å²) in [5.74, 6) is -2.41. The Morgan fingerprint density at radius 3 is 2.75 bits per heavy atom. The number of aliphatic hydroxyl groups is 1. The number of benzene rings is 1. The van der Waals surface area contributed by atoms with Gasteiger partial charge in [0.1, 0.15) is 11.9 Å². The minimum absolute atomic E-state index is 0.0971. The first kappa shape index (κ1) is 16.3. The third kappa shape index (κ3) is 5.10. The number of carbonyl (C=O) groups is 2. The molecule has 0 heterocycles. The Bertz CT molecular complexity index is 533. The predicted molar refractivity (Wildman–Crippen MR) is 74.4 cm³/mol. The number of carbonyl (C=O) groups excluding carboxylic acids is 1. The summed E-state index contributed by atoms with van der Waals surface area (Å²) in [5, 5.41) is 19.7. The molecule has 1 aromatic carbocycles. The molecule has 0 bridgehead atoms. The maximum Gasteiger partial charge on any atom is 0.326 e. The number of hydrogen-bond donors (Lipinski definition) is 3. The second-order valence-corrected chi connectivity index (χ2v) is 4.83. The summed E-state index contributed by atoms with van der Waals surface area (Å²) in [6.45, 7) is -0.360. The number of carboxylic acids is 1. The zero-order valence-electron chi connectivity index (χ0n) is 10.3. The van der Waals surface area contributed by atoms with Crippen LogP contribution in [0.15, 0.2) is 28.7 Å². The van der Waals surface area contributed by atoms with Gasteiger partial charge >= 0.3 is 5.97 Å². The van der Waals surface area contributed by atoms with Gasteiger partial charge in [-0.1, -0.05) is 15.9 Å². The van der Waals surface area contributed by atoms with Gasteiger partial charge in [-0.15, -0.1) is 0 Å². The molecule has 0 saturated heterocycles. The number of carboxylic acid groups (broad SMARTS) is 1. The van der Waals surface area contributed by atoms with E-state index in [-0.39, 0.29) is 18.6 Å². The summed E-state index contributed by atoms with van der Waals surface area (Å²) in [7, 11) is 0. The van der Waals surface area contributed by atoms with Crippen LogP contribution in [0.25, 0.3) is 6.08 Å². The zero-order valence-corrected chi connectivity index (χ0v) is 11.9. The zero-order chi connectivity index (χ0) is 15.1. The van der Waals surface area contributed by atoms with Gasteiger partial charge in [0, 0.05) is 29.1 Å². The summed E-state index contributed by atoms with van der Waals surface area (Å²) in [5.41, 5.74) is 0.198. The van der Waals surface area contributed by atoms with Crippen LogP contribution in [0.1, 0.15) is 12.0 Å². The number of hydrogen-bond acceptors (Lipinski definition) is 3. The van der Waals surface area contributed by atoms with E-state index in [2.05, 4.69) is 21.2 Å². The molecule has 1 rings (SSSR count). The Morgan fingerprint density at radius 2 is 2.15 bits per heavy atom. The van der Waals surface area contributed by atoms with Gasteiger partial charge in [0.05, 0.1) is 0 Å². The smallest absolute Gasteiger partial charge is 0.326 e. The Hall–Kier alpha value is -1.73. The Morgan fingerprint density at radius 1 is 1.45 bits per heavy atom. The van der Waals surface area contributed by atoms with Crippen LogP contribution in [0.4, 0.5) is 4.39 Å². The summed E-state index contributed by atoms with van der Waals surface area (Å²) in [4.78, 5) is 22.3. The molecule has 3 N–H and O–H groups in total.